The molecule has 3 fully saturated rings. The molecule has 0 unspecified atom stereocenters. The van der Waals surface area contributed by atoms with Crippen molar-refractivity contribution in [3.8, 4) is 6.07 Å². The Bertz CT molecular complexity index is 329. The summed E-state index contributed by atoms with van der Waals surface area (Å²) >= 11 is 0. The first-order valence-electron chi connectivity index (χ1n) is 6.38. The molecule has 0 amide bonds. The lowest BCUT2D eigenvalue weighted by Gasteiger charge is -2.31. The van der Waals surface area contributed by atoms with Gasteiger partial charge in [0.05, 0.1) is 19.3 Å². The summed E-state index contributed by atoms with van der Waals surface area (Å²) in [4.78, 5) is 0. The van der Waals surface area contributed by atoms with Crippen LogP contribution in [0.25, 0.3) is 0 Å². The van der Waals surface area contributed by atoms with Gasteiger partial charge in [0.2, 0.25) is 0 Å². The van der Waals surface area contributed by atoms with Gasteiger partial charge >= 0.3 is 0 Å². The van der Waals surface area contributed by atoms with Crippen molar-refractivity contribution in [3.63, 3.8) is 0 Å². The summed E-state index contributed by atoms with van der Waals surface area (Å²) in [5.74, 6) is 1.00. The molecule has 1 aliphatic heterocycles. The molecule has 3 nitrogen and oxygen atoms in total. The predicted octanol–water partition coefficient (Wildman–Crippen LogP) is 2.47. The highest BCUT2D eigenvalue weighted by Crippen LogP contribution is 2.71. The molecule has 3 rings (SSSR count). The molecule has 2 saturated carbocycles. The first kappa shape index (κ1) is 10.6. The second-order valence-corrected chi connectivity index (χ2v) is 5.65. The molecular formula is C13H19NO2. The Morgan fingerprint density at radius 2 is 2.12 bits per heavy atom. The molecular weight excluding hydrogens is 202 g/mol. The number of hydrogen-bond donors (Lipinski definition) is 0. The van der Waals surface area contributed by atoms with Crippen LogP contribution >= 0.6 is 0 Å². The molecule has 0 N–H and O–H groups in total. The molecule has 3 aliphatic rings. The van der Waals surface area contributed by atoms with Crippen LogP contribution in [0.4, 0.5) is 0 Å². The standard InChI is InChI=1S/C13H19NO2/c1-12(5-3-7-14)10-4-2-6-13(11(10)12)15-8-9-16-13/h10-11H,2-6,8-9H2,1H3/t10-,11+,12+/m1/s1. The van der Waals surface area contributed by atoms with Crippen LogP contribution in [-0.2, 0) is 9.47 Å². The average Bonchev–Trinajstić information content (AvgIpc) is 2.69. The Hall–Kier alpha value is -0.590. The molecule has 3 atom stereocenters. The third-order valence-electron chi connectivity index (χ3n) is 4.92. The number of nitriles is 1. The van der Waals surface area contributed by atoms with Crippen molar-refractivity contribution >= 4 is 0 Å². The van der Waals surface area contributed by atoms with E-state index in [9.17, 15) is 0 Å². The molecule has 1 saturated heterocycles. The lowest BCUT2D eigenvalue weighted by molar-refractivity contribution is -0.193. The lowest BCUT2D eigenvalue weighted by Crippen LogP contribution is -2.37. The minimum atomic E-state index is -0.271. The van der Waals surface area contributed by atoms with Crippen LogP contribution in [0.15, 0.2) is 0 Å². The molecule has 1 heterocycles. The predicted molar refractivity (Wildman–Crippen MR) is 58.4 cm³/mol. The second kappa shape index (κ2) is 3.45. The van der Waals surface area contributed by atoms with E-state index in [1.54, 1.807) is 0 Å². The fourth-order valence-electron chi connectivity index (χ4n) is 4.15. The van der Waals surface area contributed by atoms with E-state index in [0.29, 0.717) is 17.8 Å². The van der Waals surface area contributed by atoms with Crippen molar-refractivity contribution in [2.45, 2.75) is 44.8 Å². The van der Waals surface area contributed by atoms with Crippen molar-refractivity contribution in [2.75, 3.05) is 13.2 Å². The van der Waals surface area contributed by atoms with Crippen molar-refractivity contribution in [3.05, 3.63) is 0 Å². The van der Waals surface area contributed by atoms with Gasteiger partial charge in [0.15, 0.2) is 5.79 Å². The van der Waals surface area contributed by atoms with Gasteiger partial charge in [-0.3, -0.25) is 0 Å². The largest absolute Gasteiger partial charge is 0.347 e. The number of fused-ring (bicyclic) bond motifs is 2. The summed E-state index contributed by atoms with van der Waals surface area (Å²) in [5, 5.41) is 8.74. The van der Waals surface area contributed by atoms with E-state index in [1.807, 2.05) is 0 Å². The summed E-state index contributed by atoms with van der Waals surface area (Å²) in [5.41, 5.74) is 0.302. The summed E-state index contributed by atoms with van der Waals surface area (Å²) in [7, 11) is 0. The molecule has 0 aromatic heterocycles. The van der Waals surface area contributed by atoms with Crippen LogP contribution in [0.3, 0.4) is 0 Å². The van der Waals surface area contributed by atoms with Gasteiger partial charge in [-0.25, -0.2) is 0 Å². The van der Waals surface area contributed by atoms with Gasteiger partial charge in [-0.05, 0) is 30.6 Å². The van der Waals surface area contributed by atoms with E-state index in [2.05, 4.69) is 13.0 Å². The fourth-order valence-corrected chi connectivity index (χ4v) is 4.15. The van der Waals surface area contributed by atoms with Gasteiger partial charge < -0.3 is 9.47 Å². The van der Waals surface area contributed by atoms with E-state index in [1.165, 1.54) is 12.8 Å². The van der Waals surface area contributed by atoms with Gasteiger partial charge in [-0.15, -0.1) is 0 Å². The van der Waals surface area contributed by atoms with Crippen LogP contribution in [0.1, 0.15) is 39.0 Å². The summed E-state index contributed by atoms with van der Waals surface area (Å²) < 4.78 is 11.8. The van der Waals surface area contributed by atoms with Gasteiger partial charge in [-0.2, -0.15) is 5.26 Å². The smallest absolute Gasteiger partial charge is 0.172 e. The first-order valence-corrected chi connectivity index (χ1v) is 6.38. The molecule has 0 aromatic rings. The molecule has 16 heavy (non-hydrogen) atoms. The Morgan fingerprint density at radius 1 is 1.38 bits per heavy atom. The number of nitrogens with zero attached hydrogens (tertiary/aromatic N) is 1. The van der Waals surface area contributed by atoms with E-state index >= 15 is 0 Å². The Labute approximate surface area is 96.7 Å². The Balaban J connectivity index is 1.78. The Kier molecular flexibility index (Phi) is 2.28. The van der Waals surface area contributed by atoms with E-state index in [-0.39, 0.29) is 5.79 Å². The normalized spacial score (nSPS) is 44.0. The zero-order valence-corrected chi connectivity index (χ0v) is 9.87. The monoisotopic (exact) mass is 221 g/mol. The van der Waals surface area contributed by atoms with Crippen molar-refractivity contribution < 1.29 is 9.47 Å². The van der Waals surface area contributed by atoms with Gasteiger partial charge in [0.25, 0.3) is 0 Å². The fraction of sp³-hybridized carbons (Fsp3) is 0.923. The van der Waals surface area contributed by atoms with E-state index in [0.717, 1.165) is 32.0 Å². The number of hydrogen-bond acceptors (Lipinski definition) is 3. The second-order valence-electron chi connectivity index (χ2n) is 5.65. The maximum Gasteiger partial charge on any atom is 0.172 e. The highest BCUT2D eigenvalue weighted by atomic mass is 16.7. The third kappa shape index (κ3) is 1.26. The molecule has 0 bridgehead atoms. The maximum atomic E-state index is 8.74. The maximum absolute atomic E-state index is 8.74. The lowest BCUT2D eigenvalue weighted by atomic mass is 9.93. The van der Waals surface area contributed by atoms with Crippen molar-refractivity contribution in [1.29, 1.82) is 5.26 Å². The topological polar surface area (TPSA) is 42.2 Å². The van der Waals surface area contributed by atoms with Crippen molar-refractivity contribution in [2.24, 2.45) is 17.3 Å². The van der Waals surface area contributed by atoms with Crippen LogP contribution in [0.5, 0.6) is 0 Å². The van der Waals surface area contributed by atoms with Crippen LogP contribution in [0.2, 0.25) is 0 Å². The minimum absolute atomic E-state index is 0.271. The molecule has 88 valence electrons. The van der Waals surface area contributed by atoms with E-state index in [4.69, 9.17) is 14.7 Å². The Morgan fingerprint density at radius 3 is 2.81 bits per heavy atom. The van der Waals surface area contributed by atoms with Crippen molar-refractivity contribution in [1.82, 2.24) is 0 Å². The van der Waals surface area contributed by atoms with E-state index < -0.39 is 0 Å². The summed E-state index contributed by atoms with van der Waals surface area (Å²) in [6, 6.07) is 2.27. The summed E-state index contributed by atoms with van der Waals surface area (Å²) in [6.45, 7) is 3.81. The molecule has 0 aromatic carbocycles. The number of ether oxygens (including phenoxy) is 2. The van der Waals surface area contributed by atoms with Gasteiger partial charge in [-0.1, -0.05) is 6.92 Å². The quantitative estimate of drug-likeness (QED) is 0.719. The van der Waals surface area contributed by atoms with Crippen LogP contribution < -0.4 is 0 Å². The van der Waals surface area contributed by atoms with Crippen LogP contribution in [0, 0.1) is 28.6 Å². The molecule has 3 heteroatoms. The molecule has 1 spiro atoms. The SMILES string of the molecule is C[C@]1(CCC#N)[C@@H]2CCCC3(OCCO3)[C@@H]21. The zero-order chi connectivity index (χ0) is 11.2. The van der Waals surface area contributed by atoms with Gasteiger partial charge in [0.1, 0.15) is 0 Å². The minimum Gasteiger partial charge on any atom is -0.347 e. The first-order chi connectivity index (χ1) is 7.73. The average molecular weight is 221 g/mol. The highest BCUT2D eigenvalue weighted by molar-refractivity contribution is 5.16. The zero-order valence-electron chi connectivity index (χ0n) is 9.87. The number of rotatable bonds is 2. The molecule has 2 aliphatic carbocycles. The highest BCUT2D eigenvalue weighted by Gasteiger charge is 2.71. The third-order valence-corrected chi connectivity index (χ3v) is 4.92. The molecule has 0 radical (unpaired) electrons. The van der Waals surface area contributed by atoms with Gasteiger partial charge in [0, 0.05) is 18.8 Å². The van der Waals surface area contributed by atoms with Crippen LogP contribution in [-0.4, -0.2) is 19.0 Å². The summed E-state index contributed by atoms with van der Waals surface area (Å²) in [6.07, 6.45) is 5.23.